The molecule has 0 saturated carbocycles. The van der Waals surface area contributed by atoms with Gasteiger partial charge >= 0.3 is 0 Å². The van der Waals surface area contributed by atoms with Crippen molar-refractivity contribution in [2.45, 2.75) is 17.7 Å². The highest BCUT2D eigenvalue weighted by Crippen LogP contribution is 2.28. The van der Waals surface area contributed by atoms with Crippen molar-refractivity contribution in [3.05, 3.63) is 23.8 Å². The average molecular weight is 360 g/mol. The summed E-state index contributed by atoms with van der Waals surface area (Å²) in [6, 6.07) is 4.93. The van der Waals surface area contributed by atoms with E-state index in [9.17, 15) is 16.8 Å². The fraction of sp³-hybridized carbons (Fsp3) is 0.571. The van der Waals surface area contributed by atoms with Gasteiger partial charge in [0, 0.05) is 26.2 Å². The zero-order valence-corrected chi connectivity index (χ0v) is 14.6. The second kappa shape index (κ2) is 6.04. The summed E-state index contributed by atoms with van der Waals surface area (Å²) in [4.78, 5) is 0.245. The first kappa shape index (κ1) is 16.7. The van der Waals surface area contributed by atoms with Crippen LogP contribution in [-0.2, 0) is 26.5 Å². The van der Waals surface area contributed by atoms with Gasteiger partial charge in [-0.15, -0.1) is 0 Å². The molecule has 0 aromatic heterocycles. The first-order chi connectivity index (χ1) is 10.8. The average Bonchev–Trinajstić information content (AvgIpc) is 2.53. The van der Waals surface area contributed by atoms with Gasteiger partial charge in [0.25, 0.3) is 0 Å². The number of hydrogen-bond acceptors (Lipinski definition) is 5. The molecule has 0 unspecified atom stereocenters. The van der Waals surface area contributed by atoms with Crippen LogP contribution in [0, 0.1) is 0 Å². The van der Waals surface area contributed by atoms with Gasteiger partial charge in [0.2, 0.25) is 20.0 Å². The zero-order valence-electron chi connectivity index (χ0n) is 12.9. The Morgan fingerprint density at radius 2 is 1.65 bits per heavy atom. The summed E-state index contributed by atoms with van der Waals surface area (Å²) in [6.45, 7) is 1.37. The first-order valence-corrected chi connectivity index (χ1v) is 10.8. The van der Waals surface area contributed by atoms with E-state index in [0.29, 0.717) is 6.61 Å². The number of aryl methyl sites for hydroxylation is 1. The number of rotatable bonds is 3. The summed E-state index contributed by atoms with van der Waals surface area (Å²) in [5.41, 5.74) is 0.909. The molecule has 1 aromatic carbocycles. The summed E-state index contributed by atoms with van der Waals surface area (Å²) in [6.07, 6.45) is 2.82. The van der Waals surface area contributed by atoms with Crippen LogP contribution in [0.2, 0.25) is 0 Å². The van der Waals surface area contributed by atoms with Crippen LogP contribution in [0.5, 0.6) is 5.75 Å². The Morgan fingerprint density at radius 3 is 2.30 bits per heavy atom. The van der Waals surface area contributed by atoms with Crippen LogP contribution in [0.25, 0.3) is 0 Å². The minimum atomic E-state index is -3.61. The summed E-state index contributed by atoms with van der Waals surface area (Å²) in [5.74, 6) is 0.747. The summed E-state index contributed by atoms with van der Waals surface area (Å²) in [7, 11) is -6.88. The predicted molar refractivity (Wildman–Crippen MR) is 85.4 cm³/mol. The minimum Gasteiger partial charge on any atom is -0.493 e. The lowest BCUT2D eigenvalue weighted by atomic mass is 10.1. The lowest BCUT2D eigenvalue weighted by molar-refractivity contribution is 0.273. The molecule has 9 heteroatoms. The van der Waals surface area contributed by atoms with Gasteiger partial charge in [-0.3, -0.25) is 0 Å². The van der Waals surface area contributed by atoms with Crippen LogP contribution in [-0.4, -0.2) is 64.5 Å². The normalized spacial score (nSPS) is 20.7. The Labute approximate surface area is 136 Å². The third-order valence-corrected chi connectivity index (χ3v) is 7.38. The number of benzene rings is 1. The molecule has 2 aliphatic rings. The Hall–Kier alpha value is -1.16. The molecule has 1 aromatic rings. The van der Waals surface area contributed by atoms with Crippen molar-refractivity contribution in [3.63, 3.8) is 0 Å². The first-order valence-electron chi connectivity index (χ1n) is 7.49. The molecule has 0 amide bonds. The lowest BCUT2D eigenvalue weighted by Gasteiger charge is -2.32. The third kappa shape index (κ3) is 3.37. The molecular formula is C14H20N2O5S2. The van der Waals surface area contributed by atoms with Crippen LogP contribution in [0.4, 0.5) is 0 Å². The van der Waals surface area contributed by atoms with Crippen LogP contribution >= 0.6 is 0 Å². The SMILES string of the molecule is CS(=O)(=O)N1CCN(S(=O)(=O)c2ccc3c(c2)CCCO3)CC1. The topological polar surface area (TPSA) is 84.0 Å². The van der Waals surface area contributed by atoms with E-state index in [1.165, 1.54) is 8.61 Å². The standard InChI is InChI=1S/C14H20N2O5S2/c1-22(17,18)15-6-8-16(9-7-15)23(19,20)13-4-5-14-12(11-13)3-2-10-21-14/h4-5,11H,2-3,6-10H2,1H3. The highest BCUT2D eigenvalue weighted by atomic mass is 32.2. The quantitative estimate of drug-likeness (QED) is 0.773. The van der Waals surface area contributed by atoms with Crippen molar-refractivity contribution in [2.75, 3.05) is 39.0 Å². The fourth-order valence-electron chi connectivity index (χ4n) is 2.89. The van der Waals surface area contributed by atoms with E-state index in [4.69, 9.17) is 4.74 Å². The minimum absolute atomic E-state index is 0.170. The molecule has 0 N–H and O–H groups in total. The van der Waals surface area contributed by atoms with E-state index in [-0.39, 0.29) is 31.1 Å². The van der Waals surface area contributed by atoms with Crippen molar-refractivity contribution in [1.82, 2.24) is 8.61 Å². The molecule has 3 rings (SSSR count). The van der Waals surface area contributed by atoms with Crippen molar-refractivity contribution in [3.8, 4) is 5.75 Å². The van der Waals surface area contributed by atoms with Crippen molar-refractivity contribution in [1.29, 1.82) is 0 Å². The molecule has 2 aliphatic heterocycles. The van der Waals surface area contributed by atoms with E-state index >= 15 is 0 Å². The highest BCUT2D eigenvalue weighted by Gasteiger charge is 2.31. The van der Waals surface area contributed by atoms with E-state index in [2.05, 4.69) is 0 Å². The van der Waals surface area contributed by atoms with E-state index in [1.807, 2.05) is 0 Å². The molecule has 1 fully saturated rings. The van der Waals surface area contributed by atoms with E-state index < -0.39 is 20.0 Å². The largest absolute Gasteiger partial charge is 0.493 e. The molecule has 23 heavy (non-hydrogen) atoms. The van der Waals surface area contributed by atoms with Gasteiger partial charge in [-0.1, -0.05) is 0 Å². The van der Waals surface area contributed by atoms with Gasteiger partial charge in [0.15, 0.2) is 0 Å². The zero-order chi connectivity index (χ0) is 16.7. The van der Waals surface area contributed by atoms with E-state index in [0.717, 1.165) is 30.4 Å². The van der Waals surface area contributed by atoms with Gasteiger partial charge in [0.05, 0.1) is 17.8 Å². The van der Waals surface area contributed by atoms with Crippen LogP contribution < -0.4 is 4.74 Å². The molecule has 0 radical (unpaired) electrons. The Bertz CT molecular complexity index is 796. The molecule has 128 valence electrons. The summed E-state index contributed by atoms with van der Waals surface area (Å²) < 4.78 is 56.7. The van der Waals surface area contributed by atoms with Gasteiger partial charge in [-0.2, -0.15) is 8.61 Å². The number of piperazine rings is 1. The predicted octanol–water partition coefficient (Wildman–Crippen LogP) is 0.278. The maximum absolute atomic E-state index is 12.7. The molecule has 0 aliphatic carbocycles. The molecule has 2 heterocycles. The smallest absolute Gasteiger partial charge is 0.243 e. The van der Waals surface area contributed by atoms with Gasteiger partial charge < -0.3 is 4.74 Å². The molecule has 0 atom stereocenters. The van der Waals surface area contributed by atoms with Crippen molar-refractivity contribution >= 4 is 20.0 Å². The molecular weight excluding hydrogens is 340 g/mol. The maximum Gasteiger partial charge on any atom is 0.243 e. The maximum atomic E-state index is 12.7. The molecule has 0 bridgehead atoms. The van der Waals surface area contributed by atoms with Gasteiger partial charge in [-0.25, -0.2) is 16.8 Å². The van der Waals surface area contributed by atoms with Crippen molar-refractivity contribution in [2.24, 2.45) is 0 Å². The summed E-state index contributed by atoms with van der Waals surface area (Å²) in [5, 5.41) is 0. The molecule has 7 nitrogen and oxygen atoms in total. The Kier molecular flexibility index (Phi) is 4.39. The fourth-order valence-corrected chi connectivity index (χ4v) is 5.19. The highest BCUT2D eigenvalue weighted by molar-refractivity contribution is 7.89. The van der Waals surface area contributed by atoms with Crippen molar-refractivity contribution < 1.29 is 21.6 Å². The Balaban J connectivity index is 1.80. The number of ether oxygens (including phenoxy) is 1. The van der Waals surface area contributed by atoms with Gasteiger partial charge in [-0.05, 0) is 36.6 Å². The van der Waals surface area contributed by atoms with E-state index in [1.54, 1.807) is 18.2 Å². The number of sulfonamides is 2. The van der Waals surface area contributed by atoms with Crippen LogP contribution in [0.1, 0.15) is 12.0 Å². The number of nitrogens with zero attached hydrogens (tertiary/aromatic N) is 2. The third-order valence-electron chi connectivity index (χ3n) is 4.18. The lowest BCUT2D eigenvalue weighted by Crippen LogP contribution is -2.50. The van der Waals surface area contributed by atoms with Crippen LogP contribution in [0.15, 0.2) is 23.1 Å². The van der Waals surface area contributed by atoms with Crippen LogP contribution in [0.3, 0.4) is 0 Å². The van der Waals surface area contributed by atoms with Gasteiger partial charge in [0.1, 0.15) is 5.75 Å². The summed E-state index contributed by atoms with van der Waals surface area (Å²) >= 11 is 0. The molecule has 0 spiro atoms. The Morgan fingerprint density at radius 1 is 1.00 bits per heavy atom. The second-order valence-electron chi connectivity index (χ2n) is 5.79. The monoisotopic (exact) mass is 360 g/mol. The molecule has 1 saturated heterocycles. The number of fused-ring (bicyclic) bond motifs is 1. The number of hydrogen-bond donors (Lipinski definition) is 0. The second-order valence-corrected chi connectivity index (χ2v) is 9.71.